The molecule has 1 saturated heterocycles. The fourth-order valence-electron chi connectivity index (χ4n) is 3.68. The largest absolute Gasteiger partial charge is 0.378 e. The molecular formula is C19H24N4O4S. The molecule has 0 radical (unpaired) electrons. The Hall–Kier alpha value is -2.23. The molecule has 0 spiro atoms. The summed E-state index contributed by atoms with van der Waals surface area (Å²) >= 11 is 0. The molecule has 0 bridgehead atoms. The van der Waals surface area contributed by atoms with Crippen LogP contribution >= 0.6 is 0 Å². The Kier molecular flexibility index (Phi) is 4.98. The quantitative estimate of drug-likeness (QED) is 0.773. The molecule has 4 rings (SSSR count). The van der Waals surface area contributed by atoms with Gasteiger partial charge in [0.25, 0.3) is 5.91 Å². The van der Waals surface area contributed by atoms with E-state index in [4.69, 9.17) is 4.74 Å². The molecule has 1 amide bonds. The fraction of sp³-hybridized carbons (Fsp3) is 0.474. The third-order valence-electron chi connectivity index (χ3n) is 5.32. The molecule has 1 fully saturated rings. The van der Waals surface area contributed by atoms with Crippen LogP contribution in [0.25, 0.3) is 0 Å². The van der Waals surface area contributed by atoms with E-state index in [0.717, 1.165) is 5.56 Å². The second kappa shape index (κ2) is 7.31. The number of hydrogen-bond donors (Lipinski definition) is 0. The average Bonchev–Trinajstić information content (AvgIpc) is 3.14. The Bertz CT molecular complexity index is 978. The Balaban J connectivity index is 1.60. The van der Waals surface area contributed by atoms with E-state index >= 15 is 0 Å². The minimum absolute atomic E-state index is 0.134. The van der Waals surface area contributed by atoms with Gasteiger partial charge < -0.3 is 14.2 Å². The van der Waals surface area contributed by atoms with E-state index < -0.39 is 16.1 Å². The Morgan fingerprint density at radius 3 is 2.46 bits per heavy atom. The fourth-order valence-corrected chi connectivity index (χ4v) is 5.26. The van der Waals surface area contributed by atoms with E-state index in [0.29, 0.717) is 50.9 Å². The lowest BCUT2D eigenvalue weighted by atomic mass is 10.2. The molecule has 2 aliphatic rings. The van der Waals surface area contributed by atoms with Gasteiger partial charge in [0.05, 0.1) is 24.2 Å². The van der Waals surface area contributed by atoms with Crippen LogP contribution < -0.4 is 0 Å². The van der Waals surface area contributed by atoms with E-state index in [1.54, 1.807) is 35.4 Å². The summed E-state index contributed by atoms with van der Waals surface area (Å²) in [4.78, 5) is 19.2. The maximum absolute atomic E-state index is 13.1. The monoisotopic (exact) mass is 404 g/mol. The van der Waals surface area contributed by atoms with Gasteiger partial charge in [-0.2, -0.15) is 4.31 Å². The maximum Gasteiger partial charge on any atom is 0.274 e. The van der Waals surface area contributed by atoms with E-state index in [9.17, 15) is 13.2 Å². The predicted molar refractivity (Wildman–Crippen MR) is 102 cm³/mol. The first kappa shape index (κ1) is 19.1. The number of hydrogen-bond acceptors (Lipinski definition) is 5. The van der Waals surface area contributed by atoms with Gasteiger partial charge in [-0.05, 0) is 26.0 Å². The van der Waals surface area contributed by atoms with E-state index in [1.807, 2.05) is 18.4 Å². The van der Waals surface area contributed by atoms with E-state index in [-0.39, 0.29) is 10.8 Å². The second-order valence-electron chi connectivity index (χ2n) is 7.19. The summed E-state index contributed by atoms with van der Waals surface area (Å²) in [7, 11) is -3.63. The minimum atomic E-state index is -3.63. The van der Waals surface area contributed by atoms with E-state index in [2.05, 4.69) is 4.98 Å². The van der Waals surface area contributed by atoms with Crippen molar-refractivity contribution in [3.05, 3.63) is 47.5 Å². The predicted octanol–water partition coefficient (Wildman–Crippen LogP) is 1.43. The molecule has 3 heterocycles. The van der Waals surface area contributed by atoms with Crippen LogP contribution in [0.3, 0.4) is 0 Å². The zero-order valence-electron chi connectivity index (χ0n) is 16.0. The van der Waals surface area contributed by atoms with Gasteiger partial charge in [0.1, 0.15) is 11.5 Å². The smallest absolute Gasteiger partial charge is 0.274 e. The molecule has 2 aliphatic heterocycles. The summed E-state index contributed by atoms with van der Waals surface area (Å²) in [6.45, 7) is 6.68. The van der Waals surface area contributed by atoms with Crippen molar-refractivity contribution in [1.82, 2.24) is 18.8 Å². The van der Waals surface area contributed by atoms with Gasteiger partial charge >= 0.3 is 0 Å². The van der Waals surface area contributed by atoms with Crippen LogP contribution in [0.15, 0.2) is 35.4 Å². The van der Waals surface area contributed by atoms with Crippen molar-refractivity contribution in [2.24, 2.45) is 0 Å². The van der Waals surface area contributed by atoms with Crippen molar-refractivity contribution >= 4 is 15.9 Å². The molecule has 150 valence electrons. The molecule has 1 atom stereocenters. The van der Waals surface area contributed by atoms with Crippen molar-refractivity contribution in [1.29, 1.82) is 0 Å². The lowest BCUT2D eigenvalue weighted by Gasteiger charge is -2.32. The number of benzene rings is 1. The summed E-state index contributed by atoms with van der Waals surface area (Å²) in [5.41, 5.74) is 1.37. The zero-order chi connectivity index (χ0) is 19.9. The minimum Gasteiger partial charge on any atom is -0.378 e. The SMILES string of the molecule is Cc1ccc(S(=O)(=O)N2CCn3cc(C(=O)N4CCOCC4)nc3[C@H]2C)cc1. The van der Waals surface area contributed by atoms with Crippen LogP contribution in [-0.2, 0) is 21.3 Å². The highest BCUT2D eigenvalue weighted by Gasteiger charge is 2.36. The number of aryl methyl sites for hydroxylation is 1. The number of nitrogens with zero attached hydrogens (tertiary/aromatic N) is 4. The first-order valence-corrected chi connectivity index (χ1v) is 10.8. The van der Waals surface area contributed by atoms with Gasteiger partial charge in [-0.15, -0.1) is 0 Å². The summed E-state index contributed by atoms with van der Waals surface area (Å²) in [6, 6.07) is 6.40. The number of imidazole rings is 1. The van der Waals surface area contributed by atoms with Crippen LogP contribution in [0.2, 0.25) is 0 Å². The Labute approximate surface area is 164 Å². The molecule has 0 N–H and O–H groups in total. The lowest BCUT2D eigenvalue weighted by molar-refractivity contribution is 0.0299. The highest BCUT2D eigenvalue weighted by atomic mass is 32.2. The molecule has 9 heteroatoms. The molecular weight excluding hydrogens is 380 g/mol. The molecule has 0 aliphatic carbocycles. The van der Waals surface area contributed by atoms with Gasteiger partial charge in [-0.25, -0.2) is 13.4 Å². The zero-order valence-corrected chi connectivity index (χ0v) is 16.9. The average molecular weight is 404 g/mol. The molecule has 2 aromatic rings. The number of morpholine rings is 1. The lowest BCUT2D eigenvalue weighted by Crippen LogP contribution is -2.41. The second-order valence-corrected chi connectivity index (χ2v) is 9.08. The molecule has 8 nitrogen and oxygen atoms in total. The maximum atomic E-state index is 13.1. The molecule has 1 aromatic carbocycles. The van der Waals surface area contributed by atoms with Crippen molar-refractivity contribution in [3.63, 3.8) is 0 Å². The van der Waals surface area contributed by atoms with Gasteiger partial charge in [0, 0.05) is 32.4 Å². The molecule has 1 aromatic heterocycles. The van der Waals surface area contributed by atoms with Gasteiger partial charge in [0.15, 0.2) is 0 Å². The van der Waals surface area contributed by atoms with Crippen molar-refractivity contribution in [3.8, 4) is 0 Å². The number of rotatable bonds is 3. The third-order valence-corrected chi connectivity index (χ3v) is 7.30. The normalized spacial score (nSPS) is 20.8. The summed E-state index contributed by atoms with van der Waals surface area (Å²) < 4.78 is 34.9. The van der Waals surface area contributed by atoms with Crippen LogP contribution in [0.4, 0.5) is 0 Å². The van der Waals surface area contributed by atoms with Gasteiger partial charge in [-0.3, -0.25) is 4.79 Å². The highest BCUT2D eigenvalue weighted by molar-refractivity contribution is 7.89. The number of carbonyl (C=O) groups is 1. The summed E-state index contributed by atoms with van der Waals surface area (Å²) in [6.07, 6.45) is 1.74. The van der Waals surface area contributed by atoms with Crippen molar-refractivity contribution in [2.45, 2.75) is 31.3 Å². The number of fused-ring (bicyclic) bond motifs is 1. The Morgan fingerprint density at radius 2 is 1.79 bits per heavy atom. The molecule has 0 saturated carbocycles. The molecule has 0 unspecified atom stereocenters. The number of sulfonamides is 1. The Morgan fingerprint density at radius 1 is 1.11 bits per heavy atom. The topological polar surface area (TPSA) is 84.7 Å². The number of aromatic nitrogens is 2. The molecule has 28 heavy (non-hydrogen) atoms. The van der Waals surface area contributed by atoms with Crippen LogP contribution in [0, 0.1) is 6.92 Å². The van der Waals surface area contributed by atoms with Crippen molar-refractivity contribution in [2.75, 3.05) is 32.8 Å². The number of carbonyl (C=O) groups excluding carboxylic acids is 1. The standard InChI is InChI=1S/C19H24N4O4S/c1-14-3-5-16(6-4-14)28(25,26)23-8-7-22-13-17(20-18(22)15(23)2)19(24)21-9-11-27-12-10-21/h3-6,13,15H,7-12H2,1-2H3/t15-/m1/s1. The van der Waals surface area contributed by atoms with Crippen LogP contribution in [0.5, 0.6) is 0 Å². The van der Waals surface area contributed by atoms with E-state index in [1.165, 1.54) is 4.31 Å². The highest BCUT2D eigenvalue weighted by Crippen LogP contribution is 2.30. The van der Waals surface area contributed by atoms with Crippen LogP contribution in [0.1, 0.15) is 34.8 Å². The number of amides is 1. The van der Waals surface area contributed by atoms with Crippen molar-refractivity contribution < 1.29 is 17.9 Å². The summed E-state index contributed by atoms with van der Waals surface area (Å²) in [5.74, 6) is 0.462. The third kappa shape index (κ3) is 3.34. The van der Waals surface area contributed by atoms with Crippen LogP contribution in [-0.4, -0.2) is 65.9 Å². The van der Waals surface area contributed by atoms with Gasteiger partial charge in [-0.1, -0.05) is 17.7 Å². The van der Waals surface area contributed by atoms with Gasteiger partial charge in [0.2, 0.25) is 10.0 Å². The first-order chi connectivity index (χ1) is 13.4. The number of ether oxygens (including phenoxy) is 1. The first-order valence-electron chi connectivity index (χ1n) is 9.40. The summed E-state index contributed by atoms with van der Waals surface area (Å²) in [5, 5.41) is 0.